The molecule has 0 radical (unpaired) electrons. The number of hydrogen-bond acceptors (Lipinski definition) is 6. The lowest BCUT2D eigenvalue weighted by Crippen LogP contribution is -2.50. The summed E-state index contributed by atoms with van der Waals surface area (Å²) in [6.07, 6.45) is 3.28. The first kappa shape index (κ1) is 22.6. The van der Waals surface area contributed by atoms with Crippen molar-refractivity contribution in [3.05, 3.63) is 28.4 Å². The molecule has 2 unspecified atom stereocenters. The van der Waals surface area contributed by atoms with Crippen molar-refractivity contribution in [1.82, 2.24) is 20.0 Å². The molecule has 0 saturated carbocycles. The van der Waals surface area contributed by atoms with Crippen molar-refractivity contribution >= 4 is 38.9 Å². The Kier molecular flexibility index (Phi) is 6.71. The molecule has 1 saturated heterocycles. The Morgan fingerprint density at radius 3 is 2.77 bits per heavy atom. The average molecular weight is 481 g/mol. The molecule has 0 aliphatic carbocycles. The Morgan fingerprint density at radius 1 is 1.37 bits per heavy atom. The fraction of sp³-hybridized carbons (Fsp3) is 0.571. The number of carbonyl (C=O) groups is 2. The van der Waals surface area contributed by atoms with E-state index in [2.05, 4.69) is 26.3 Å². The van der Waals surface area contributed by atoms with Crippen LogP contribution in [0.4, 0.5) is 4.79 Å². The van der Waals surface area contributed by atoms with Gasteiger partial charge in [0.15, 0.2) is 0 Å². The summed E-state index contributed by atoms with van der Waals surface area (Å²) in [4.78, 5) is 26.2. The quantitative estimate of drug-likeness (QED) is 0.673. The van der Waals surface area contributed by atoms with E-state index in [1.807, 2.05) is 37.7 Å². The number of piperidine rings is 1. The second kappa shape index (κ2) is 8.93. The lowest BCUT2D eigenvalue weighted by molar-refractivity contribution is 0.0176. The van der Waals surface area contributed by atoms with Gasteiger partial charge < -0.3 is 19.7 Å². The minimum Gasteiger partial charge on any atom is -0.465 e. The second-order valence-corrected chi connectivity index (χ2v) is 9.47. The van der Waals surface area contributed by atoms with Gasteiger partial charge in [0, 0.05) is 35.2 Å². The van der Waals surface area contributed by atoms with Crippen LogP contribution in [-0.2, 0) is 16.0 Å². The Bertz CT molecular complexity index is 937. The summed E-state index contributed by atoms with van der Waals surface area (Å²) < 4.78 is 13.1. The van der Waals surface area contributed by atoms with Crippen LogP contribution in [0.2, 0.25) is 0 Å². The predicted octanol–water partition coefficient (Wildman–Crippen LogP) is 3.57. The van der Waals surface area contributed by atoms with Gasteiger partial charge in [-0.3, -0.25) is 4.68 Å². The number of esters is 1. The summed E-state index contributed by atoms with van der Waals surface area (Å²) in [6, 6.07) is 3.77. The third kappa shape index (κ3) is 5.13. The fourth-order valence-corrected chi connectivity index (χ4v) is 4.09. The number of methoxy groups -OCH3 is 1. The number of fused-ring (bicyclic) bond motifs is 1. The number of nitrogens with zero attached hydrogens (tertiary/aromatic N) is 3. The van der Waals surface area contributed by atoms with E-state index in [9.17, 15) is 9.59 Å². The van der Waals surface area contributed by atoms with Gasteiger partial charge in [-0.1, -0.05) is 15.9 Å². The minimum absolute atomic E-state index is 0.0912. The third-order valence-corrected chi connectivity index (χ3v) is 5.87. The van der Waals surface area contributed by atoms with Crippen LogP contribution < -0.4 is 5.32 Å². The first-order chi connectivity index (χ1) is 14.1. The molecule has 1 aromatic carbocycles. The molecular formula is C21H29BrN4O4. The zero-order valence-corrected chi connectivity index (χ0v) is 19.7. The molecule has 2 aromatic rings. The molecule has 1 aromatic heterocycles. The van der Waals surface area contributed by atoms with E-state index in [1.54, 1.807) is 18.0 Å². The molecular weight excluding hydrogens is 452 g/mol. The van der Waals surface area contributed by atoms with Crippen molar-refractivity contribution in [3.8, 4) is 0 Å². The van der Waals surface area contributed by atoms with Crippen LogP contribution in [0, 0.1) is 0 Å². The van der Waals surface area contributed by atoms with E-state index in [-0.39, 0.29) is 18.2 Å². The van der Waals surface area contributed by atoms with Gasteiger partial charge in [0.05, 0.1) is 19.2 Å². The average Bonchev–Trinajstić information content (AvgIpc) is 3.10. The summed E-state index contributed by atoms with van der Waals surface area (Å²) >= 11 is 3.53. The molecule has 1 aliphatic rings. The zero-order valence-electron chi connectivity index (χ0n) is 18.1. The first-order valence-electron chi connectivity index (χ1n) is 10.0. The van der Waals surface area contributed by atoms with Gasteiger partial charge in [0.25, 0.3) is 0 Å². The van der Waals surface area contributed by atoms with Crippen molar-refractivity contribution < 1.29 is 19.1 Å². The maximum absolute atomic E-state index is 12.4. The summed E-state index contributed by atoms with van der Waals surface area (Å²) in [5, 5.41) is 8.99. The molecule has 8 nitrogen and oxygen atoms in total. The Balaban J connectivity index is 1.73. The van der Waals surface area contributed by atoms with E-state index < -0.39 is 11.6 Å². The monoisotopic (exact) mass is 480 g/mol. The molecule has 2 atom stereocenters. The van der Waals surface area contributed by atoms with E-state index in [0.29, 0.717) is 17.6 Å². The molecule has 0 spiro atoms. The topological polar surface area (TPSA) is 85.7 Å². The number of ether oxygens (including phenoxy) is 2. The van der Waals surface area contributed by atoms with Crippen LogP contribution >= 0.6 is 15.9 Å². The Morgan fingerprint density at radius 2 is 2.10 bits per heavy atom. The van der Waals surface area contributed by atoms with Crippen LogP contribution in [0.1, 0.15) is 44.0 Å². The summed E-state index contributed by atoms with van der Waals surface area (Å²) in [7, 11) is 3.16. The van der Waals surface area contributed by atoms with Crippen LogP contribution in [0.25, 0.3) is 10.9 Å². The van der Waals surface area contributed by atoms with Crippen LogP contribution in [0.3, 0.4) is 0 Å². The standard InChI is InChI=1S/C21H29BrN4O4/c1-21(2,3)30-20(28)25(4)14-8-9-23-13(10-14)11-26-12-16-17(22)7-6-15(18(16)24-26)19(27)29-5/h6-7,12-14,23H,8-11H2,1-5H3. The van der Waals surface area contributed by atoms with Gasteiger partial charge in [-0.05, 0) is 52.3 Å². The number of amides is 1. The van der Waals surface area contributed by atoms with Gasteiger partial charge in [-0.2, -0.15) is 5.10 Å². The van der Waals surface area contributed by atoms with Gasteiger partial charge in [-0.15, -0.1) is 0 Å². The van der Waals surface area contributed by atoms with E-state index >= 15 is 0 Å². The lowest BCUT2D eigenvalue weighted by atomic mass is 9.98. The molecule has 30 heavy (non-hydrogen) atoms. The molecule has 1 amide bonds. The normalized spacial score (nSPS) is 19.5. The summed E-state index contributed by atoms with van der Waals surface area (Å²) in [6.45, 7) is 7.04. The van der Waals surface area contributed by atoms with Crippen molar-refractivity contribution in [2.45, 2.75) is 57.8 Å². The van der Waals surface area contributed by atoms with Gasteiger partial charge in [-0.25, -0.2) is 9.59 Å². The SMILES string of the molecule is COC(=O)c1ccc(Br)c2cn(CC3CC(N(C)C(=O)OC(C)(C)C)CCN3)nc12. The summed E-state index contributed by atoms with van der Waals surface area (Å²) in [5.41, 5.74) is 0.528. The summed E-state index contributed by atoms with van der Waals surface area (Å²) in [5.74, 6) is -0.410. The molecule has 164 valence electrons. The molecule has 3 rings (SSSR count). The highest BCUT2D eigenvalue weighted by Gasteiger charge is 2.30. The largest absolute Gasteiger partial charge is 0.465 e. The van der Waals surface area contributed by atoms with E-state index in [0.717, 1.165) is 29.2 Å². The van der Waals surface area contributed by atoms with Crippen molar-refractivity contribution in [3.63, 3.8) is 0 Å². The van der Waals surface area contributed by atoms with Gasteiger partial charge in [0.1, 0.15) is 11.1 Å². The number of nitrogens with one attached hydrogen (secondary N) is 1. The van der Waals surface area contributed by atoms with E-state index in [4.69, 9.17) is 9.47 Å². The number of carbonyl (C=O) groups excluding carboxylic acids is 2. The molecule has 9 heteroatoms. The maximum Gasteiger partial charge on any atom is 0.410 e. The fourth-order valence-electron chi connectivity index (χ4n) is 3.67. The van der Waals surface area contributed by atoms with Gasteiger partial charge in [0.2, 0.25) is 0 Å². The van der Waals surface area contributed by atoms with Crippen molar-refractivity contribution in [2.24, 2.45) is 0 Å². The third-order valence-electron chi connectivity index (χ3n) is 5.18. The molecule has 1 N–H and O–H groups in total. The second-order valence-electron chi connectivity index (χ2n) is 8.62. The minimum atomic E-state index is -0.516. The number of rotatable bonds is 4. The highest BCUT2D eigenvalue weighted by atomic mass is 79.9. The van der Waals surface area contributed by atoms with Crippen molar-refractivity contribution in [1.29, 1.82) is 0 Å². The number of aromatic nitrogens is 2. The Labute approximate surface area is 185 Å². The molecule has 1 fully saturated rings. The van der Waals surface area contributed by atoms with Crippen molar-refractivity contribution in [2.75, 3.05) is 20.7 Å². The van der Waals surface area contributed by atoms with Crippen LogP contribution in [0.5, 0.6) is 0 Å². The highest BCUT2D eigenvalue weighted by molar-refractivity contribution is 9.10. The number of hydrogen-bond donors (Lipinski definition) is 1. The lowest BCUT2D eigenvalue weighted by Gasteiger charge is -2.36. The Hall–Kier alpha value is -2.13. The van der Waals surface area contributed by atoms with Crippen LogP contribution in [0.15, 0.2) is 22.8 Å². The maximum atomic E-state index is 12.4. The predicted molar refractivity (Wildman–Crippen MR) is 118 cm³/mol. The van der Waals surface area contributed by atoms with Crippen LogP contribution in [-0.4, -0.2) is 65.1 Å². The number of halogens is 1. The number of benzene rings is 1. The van der Waals surface area contributed by atoms with Gasteiger partial charge >= 0.3 is 12.1 Å². The molecule has 0 bridgehead atoms. The van der Waals surface area contributed by atoms with E-state index in [1.165, 1.54) is 7.11 Å². The molecule has 2 heterocycles. The molecule has 1 aliphatic heterocycles. The zero-order chi connectivity index (χ0) is 22.1. The smallest absolute Gasteiger partial charge is 0.410 e. The highest BCUT2D eigenvalue weighted by Crippen LogP contribution is 2.27. The first-order valence-corrected chi connectivity index (χ1v) is 10.8.